The fourth-order valence-corrected chi connectivity index (χ4v) is 2.76. The largest absolute Gasteiger partial charge is 0.497 e. The average molecular weight is 325 g/mol. The minimum atomic E-state index is -1.26. The third-order valence-electron chi connectivity index (χ3n) is 4.01. The maximum absolute atomic E-state index is 12.5. The Balaban J connectivity index is 1.90. The van der Waals surface area contributed by atoms with Crippen LogP contribution in [0.25, 0.3) is 0 Å². The zero-order valence-electron chi connectivity index (χ0n) is 12.9. The minimum absolute atomic E-state index is 0.0325. The van der Waals surface area contributed by atoms with E-state index < -0.39 is 23.8 Å². The molecule has 122 valence electrons. The van der Waals surface area contributed by atoms with E-state index in [-0.39, 0.29) is 17.5 Å². The van der Waals surface area contributed by atoms with Gasteiger partial charge in [0, 0.05) is 6.42 Å². The van der Waals surface area contributed by atoms with Crippen molar-refractivity contribution < 1.29 is 24.2 Å². The molecule has 0 aliphatic carbocycles. The van der Waals surface area contributed by atoms with Crippen LogP contribution in [0.3, 0.4) is 0 Å². The van der Waals surface area contributed by atoms with Crippen LogP contribution in [0.1, 0.15) is 26.3 Å². The van der Waals surface area contributed by atoms with E-state index in [1.54, 1.807) is 36.4 Å². The molecule has 1 heterocycles. The highest BCUT2D eigenvalue weighted by atomic mass is 16.5. The van der Waals surface area contributed by atoms with Crippen molar-refractivity contribution in [1.82, 2.24) is 4.90 Å². The van der Waals surface area contributed by atoms with Crippen molar-refractivity contribution in [1.29, 1.82) is 0 Å². The van der Waals surface area contributed by atoms with Gasteiger partial charge in [-0.3, -0.25) is 14.5 Å². The molecule has 6 nitrogen and oxygen atoms in total. The van der Waals surface area contributed by atoms with Crippen LogP contribution in [0.4, 0.5) is 0 Å². The van der Waals surface area contributed by atoms with Crippen LogP contribution >= 0.6 is 0 Å². The topological polar surface area (TPSA) is 83.9 Å². The first kappa shape index (κ1) is 15.7. The Hall–Kier alpha value is -3.15. The predicted molar refractivity (Wildman–Crippen MR) is 85.1 cm³/mol. The van der Waals surface area contributed by atoms with Crippen LogP contribution in [-0.4, -0.2) is 40.9 Å². The summed E-state index contributed by atoms with van der Waals surface area (Å²) in [5, 5.41) is 9.54. The number of carbonyl (C=O) groups is 3. The van der Waals surface area contributed by atoms with E-state index in [1.807, 2.05) is 0 Å². The third-order valence-corrected chi connectivity index (χ3v) is 4.01. The smallest absolute Gasteiger partial charge is 0.327 e. The van der Waals surface area contributed by atoms with Crippen molar-refractivity contribution >= 4 is 17.8 Å². The molecule has 0 fully saturated rings. The second-order valence-corrected chi connectivity index (χ2v) is 5.43. The van der Waals surface area contributed by atoms with Gasteiger partial charge in [-0.1, -0.05) is 24.3 Å². The van der Waals surface area contributed by atoms with Crippen molar-refractivity contribution in [3.05, 3.63) is 65.2 Å². The molecule has 1 N–H and O–H groups in total. The van der Waals surface area contributed by atoms with Gasteiger partial charge in [0.15, 0.2) is 0 Å². The summed E-state index contributed by atoms with van der Waals surface area (Å²) in [6.45, 7) is 0. The summed E-state index contributed by atoms with van der Waals surface area (Å²) in [5.74, 6) is -1.72. The van der Waals surface area contributed by atoms with E-state index in [1.165, 1.54) is 19.2 Å². The highest BCUT2D eigenvalue weighted by Gasteiger charge is 2.42. The van der Waals surface area contributed by atoms with Gasteiger partial charge in [0.25, 0.3) is 11.8 Å². The second kappa shape index (κ2) is 6.16. The first-order valence-corrected chi connectivity index (χ1v) is 7.35. The van der Waals surface area contributed by atoms with Crippen LogP contribution < -0.4 is 4.74 Å². The lowest BCUT2D eigenvalue weighted by molar-refractivity contribution is -0.141. The van der Waals surface area contributed by atoms with E-state index in [9.17, 15) is 19.5 Å². The molecule has 0 unspecified atom stereocenters. The number of methoxy groups -OCH3 is 1. The maximum Gasteiger partial charge on any atom is 0.327 e. The Labute approximate surface area is 138 Å². The number of carbonyl (C=O) groups excluding carboxylic acids is 2. The summed E-state index contributed by atoms with van der Waals surface area (Å²) in [6, 6.07) is 11.9. The summed E-state index contributed by atoms with van der Waals surface area (Å²) in [7, 11) is 1.54. The van der Waals surface area contributed by atoms with Gasteiger partial charge in [-0.15, -0.1) is 0 Å². The molecule has 2 aromatic rings. The van der Waals surface area contributed by atoms with E-state index in [2.05, 4.69) is 0 Å². The van der Waals surface area contributed by atoms with Gasteiger partial charge in [0.1, 0.15) is 11.8 Å². The van der Waals surface area contributed by atoms with Crippen molar-refractivity contribution in [2.75, 3.05) is 7.11 Å². The summed E-state index contributed by atoms with van der Waals surface area (Å²) >= 11 is 0. The molecule has 0 saturated heterocycles. The average Bonchev–Trinajstić information content (AvgIpc) is 2.85. The minimum Gasteiger partial charge on any atom is -0.497 e. The Bertz CT molecular complexity index is 777. The van der Waals surface area contributed by atoms with E-state index in [0.29, 0.717) is 11.3 Å². The second-order valence-electron chi connectivity index (χ2n) is 5.43. The molecule has 1 aliphatic heterocycles. The standard InChI is InChI=1S/C18H15NO5/c1-24-12-8-6-11(7-9-12)10-15(18(22)23)19-16(20)13-4-2-3-5-14(13)17(19)21/h2-9,15H,10H2,1H3,(H,22,23)/t15-/m0/s1. The summed E-state index contributed by atoms with van der Waals surface area (Å²) in [6.07, 6.45) is 0.0325. The summed E-state index contributed by atoms with van der Waals surface area (Å²) < 4.78 is 5.06. The van der Waals surface area contributed by atoms with Gasteiger partial charge in [-0.2, -0.15) is 0 Å². The molecular formula is C18H15NO5. The number of carboxylic acids is 1. The Morgan fingerprint density at radius 2 is 1.58 bits per heavy atom. The number of amides is 2. The van der Waals surface area contributed by atoms with Crippen LogP contribution in [0.2, 0.25) is 0 Å². The van der Waals surface area contributed by atoms with Crippen molar-refractivity contribution in [2.45, 2.75) is 12.5 Å². The number of hydrogen-bond donors (Lipinski definition) is 1. The molecule has 2 amide bonds. The first-order chi connectivity index (χ1) is 11.5. The van der Waals surface area contributed by atoms with Gasteiger partial charge in [0.05, 0.1) is 18.2 Å². The Morgan fingerprint density at radius 1 is 1.04 bits per heavy atom. The molecule has 1 atom stereocenters. The highest BCUT2D eigenvalue weighted by Crippen LogP contribution is 2.26. The number of hydrogen-bond acceptors (Lipinski definition) is 4. The number of fused-ring (bicyclic) bond motifs is 1. The number of ether oxygens (including phenoxy) is 1. The lowest BCUT2D eigenvalue weighted by atomic mass is 10.0. The first-order valence-electron chi connectivity index (χ1n) is 7.35. The maximum atomic E-state index is 12.5. The fraction of sp³-hybridized carbons (Fsp3) is 0.167. The van der Waals surface area contributed by atoms with Crippen LogP contribution in [0.15, 0.2) is 48.5 Å². The molecule has 2 aromatic carbocycles. The number of aliphatic carboxylic acids is 1. The van der Waals surface area contributed by atoms with Crippen molar-refractivity contribution in [3.63, 3.8) is 0 Å². The number of carboxylic acid groups (broad SMARTS) is 1. The molecule has 0 radical (unpaired) electrons. The van der Waals surface area contributed by atoms with Crippen LogP contribution in [0, 0.1) is 0 Å². The molecular weight excluding hydrogens is 310 g/mol. The Kier molecular flexibility index (Phi) is 4.04. The van der Waals surface area contributed by atoms with E-state index in [0.717, 1.165) is 4.90 Å². The predicted octanol–water partition coefficient (Wildman–Crippen LogP) is 1.99. The monoisotopic (exact) mass is 325 g/mol. The van der Waals surface area contributed by atoms with Gasteiger partial charge < -0.3 is 9.84 Å². The fourth-order valence-electron chi connectivity index (χ4n) is 2.76. The number of rotatable bonds is 5. The number of imide groups is 1. The number of benzene rings is 2. The SMILES string of the molecule is COc1ccc(C[C@@H](C(=O)O)N2C(=O)c3ccccc3C2=O)cc1. The molecule has 0 bridgehead atoms. The molecule has 0 spiro atoms. The Morgan fingerprint density at radius 3 is 2.04 bits per heavy atom. The zero-order chi connectivity index (χ0) is 17.3. The van der Waals surface area contributed by atoms with Gasteiger partial charge in [-0.05, 0) is 29.8 Å². The number of nitrogens with zero attached hydrogens (tertiary/aromatic N) is 1. The summed E-state index contributed by atoms with van der Waals surface area (Å²) in [4.78, 5) is 37.4. The molecule has 3 rings (SSSR count). The molecule has 1 aliphatic rings. The quantitative estimate of drug-likeness (QED) is 0.850. The van der Waals surface area contributed by atoms with Gasteiger partial charge >= 0.3 is 5.97 Å². The summed E-state index contributed by atoms with van der Waals surface area (Å²) in [5.41, 5.74) is 1.17. The van der Waals surface area contributed by atoms with Crippen LogP contribution in [-0.2, 0) is 11.2 Å². The lowest BCUT2D eigenvalue weighted by Crippen LogP contribution is -2.46. The van der Waals surface area contributed by atoms with Crippen LogP contribution in [0.5, 0.6) is 5.75 Å². The van der Waals surface area contributed by atoms with Gasteiger partial charge in [-0.25, -0.2) is 4.79 Å². The van der Waals surface area contributed by atoms with Gasteiger partial charge in [0.2, 0.25) is 0 Å². The zero-order valence-corrected chi connectivity index (χ0v) is 12.9. The molecule has 6 heteroatoms. The van der Waals surface area contributed by atoms with E-state index in [4.69, 9.17) is 4.74 Å². The molecule has 0 aromatic heterocycles. The van der Waals surface area contributed by atoms with Crippen molar-refractivity contribution in [2.24, 2.45) is 0 Å². The molecule has 0 saturated carbocycles. The normalized spacial score (nSPS) is 14.5. The van der Waals surface area contributed by atoms with Crippen molar-refractivity contribution in [3.8, 4) is 5.75 Å². The third kappa shape index (κ3) is 2.62. The van der Waals surface area contributed by atoms with E-state index >= 15 is 0 Å². The molecule has 24 heavy (non-hydrogen) atoms. The lowest BCUT2D eigenvalue weighted by Gasteiger charge is -2.22. The highest BCUT2D eigenvalue weighted by molar-refractivity contribution is 6.22.